The van der Waals surface area contributed by atoms with E-state index >= 15 is 0 Å². The Kier molecular flexibility index (Phi) is 8.81. The van der Waals surface area contributed by atoms with E-state index in [1.165, 1.54) is 22.8 Å². The van der Waals surface area contributed by atoms with Gasteiger partial charge in [-0.15, -0.1) is 52.7 Å². The molecule has 1 nitrogen and oxygen atoms in total. The molecule has 110 valence electrons. The van der Waals surface area contributed by atoms with Crippen LogP contribution >= 0.6 is 11.6 Å². The predicted molar refractivity (Wildman–Crippen MR) is 92.7 cm³/mol. The summed E-state index contributed by atoms with van der Waals surface area (Å²) in [4.78, 5) is 0. The molecule has 0 aliphatic carbocycles. The monoisotopic (exact) mass is 385 g/mol. The Balaban J connectivity index is 0.000000258. The van der Waals surface area contributed by atoms with Crippen LogP contribution in [0.25, 0.3) is 16.5 Å². The first kappa shape index (κ1) is 18.7. The van der Waals surface area contributed by atoms with Gasteiger partial charge in [0, 0.05) is 18.8 Å². The van der Waals surface area contributed by atoms with Crippen molar-refractivity contribution in [1.82, 2.24) is 4.57 Å². The fourth-order valence-electron chi connectivity index (χ4n) is 2.11. The van der Waals surface area contributed by atoms with Crippen LogP contribution in [0.3, 0.4) is 0 Å². The minimum atomic E-state index is 0. The van der Waals surface area contributed by atoms with E-state index in [1.807, 2.05) is 42.5 Å². The van der Waals surface area contributed by atoms with Gasteiger partial charge < -0.3 is 4.57 Å². The van der Waals surface area contributed by atoms with Crippen molar-refractivity contribution >= 4 is 22.4 Å². The molecular formula is C19H18ClNZr. The Morgan fingerprint density at radius 3 is 2.05 bits per heavy atom. The summed E-state index contributed by atoms with van der Waals surface area (Å²) in [5.41, 5.74) is 1.23. The van der Waals surface area contributed by atoms with Gasteiger partial charge in [-0.25, -0.2) is 12.1 Å². The number of hydrogen-bond donors (Lipinski definition) is 0. The van der Waals surface area contributed by atoms with Crippen LogP contribution in [0.5, 0.6) is 0 Å². The Labute approximate surface area is 156 Å². The number of rotatable bonds is 1. The average Bonchev–Trinajstić information content (AvgIpc) is 3.30. The summed E-state index contributed by atoms with van der Waals surface area (Å²) in [6.07, 6.45) is 5.60. The summed E-state index contributed by atoms with van der Waals surface area (Å²) in [6, 6.07) is 26.9. The third-order valence-electron chi connectivity index (χ3n) is 3.06. The van der Waals surface area contributed by atoms with E-state index in [2.05, 4.69) is 65.0 Å². The molecule has 0 radical (unpaired) electrons. The van der Waals surface area contributed by atoms with Gasteiger partial charge in [0.25, 0.3) is 0 Å². The summed E-state index contributed by atoms with van der Waals surface area (Å²) in [5.74, 6) is 0. The molecule has 0 unspecified atom stereocenters. The molecule has 3 aromatic carbocycles. The standard InChI is InChI=1S/C13H10N.C5H5.CH3Cl.Zr/c1-2-6-12-10-13(9-11(12)5-1)14-7-3-4-8-14;1-2-4-5-3-1;1-2;/h1-10H;1-5H;1H3;/q2*-1;;+2. The fourth-order valence-corrected chi connectivity index (χ4v) is 2.11. The average molecular weight is 387 g/mol. The molecule has 4 rings (SSSR count). The van der Waals surface area contributed by atoms with Gasteiger partial charge in [0.05, 0.1) is 0 Å². The molecule has 22 heavy (non-hydrogen) atoms. The minimum Gasteiger partial charge on any atom is -0.342 e. The van der Waals surface area contributed by atoms with Gasteiger partial charge in [0.15, 0.2) is 0 Å². The molecule has 1 aromatic heterocycles. The van der Waals surface area contributed by atoms with Gasteiger partial charge in [-0.2, -0.15) is 18.2 Å². The van der Waals surface area contributed by atoms with Crippen LogP contribution in [0.2, 0.25) is 0 Å². The maximum absolute atomic E-state index is 4.64. The molecule has 0 atom stereocenters. The first-order valence-corrected chi connectivity index (χ1v) is 7.52. The Morgan fingerprint density at radius 2 is 1.50 bits per heavy atom. The van der Waals surface area contributed by atoms with Crippen LogP contribution in [0.15, 0.2) is 91.3 Å². The van der Waals surface area contributed by atoms with Gasteiger partial charge in [-0.05, 0) is 17.8 Å². The molecule has 0 spiro atoms. The van der Waals surface area contributed by atoms with Crippen LogP contribution in [-0.4, -0.2) is 11.0 Å². The van der Waals surface area contributed by atoms with Gasteiger partial charge in [0.1, 0.15) is 0 Å². The van der Waals surface area contributed by atoms with Gasteiger partial charge in [0.2, 0.25) is 0 Å². The van der Waals surface area contributed by atoms with E-state index in [0.717, 1.165) is 0 Å². The van der Waals surface area contributed by atoms with E-state index < -0.39 is 0 Å². The van der Waals surface area contributed by atoms with E-state index in [4.69, 9.17) is 0 Å². The molecule has 3 heteroatoms. The Bertz CT molecular complexity index is 674. The molecule has 0 aliphatic rings. The van der Waals surface area contributed by atoms with Crippen molar-refractivity contribution in [3.63, 3.8) is 0 Å². The van der Waals surface area contributed by atoms with E-state index in [-0.39, 0.29) is 26.2 Å². The number of nitrogens with zero attached hydrogens (tertiary/aromatic N) is 1. The molecule has 0 bridgehead atoms. The van der Waals surface area contributed by atoms with E-state index in [9.17, 15) is 0 Å². The zero-order valence-electron chi connectivity index (χ0n) is 12.5. The van der Waals surface area contributed by atoms with Crippen molar-refractivity contribution in [3.05, 3.63) is 91.3 Å². The number of aromatic nitrogens is 1. The predicted octanol–water partition coefficient (Wildman–Crippen LogP) is 5.61. The van der Waals surface area contributed by atoms with Crippen LogP contribution in [0, 0.1) is 0 Å². The summed E-state index contributed by atoms with van der Waals surface area (Å²) in [6.45, 7) is 0. The third kappa shape index (κ3) is 5.12. The smallest absolute Gasteiger partial charge is 0.342 e. The Morgan fingerprint density at radius 1 is 0.864 bits per heavy atom. The van der Waals surface area contributed by atoms with Gasteiger partial charge in [-0.3, -0.25) is 0 Å². The quantitative estimate of drug-likeness (QED) is 0.296. The minimum absolute atomic E-state index is 0. The van der Waals surface area contributed by atoms with E-state index in [0.29, 0.717) is 0 Å². The molecule has 1 heterocycles. The fraction of sp³-hybridized carbons (Fsp3) is 0.0526. The van der Waals surface area contributed by atoms with Gasteiger partial charge in [-0.1, -0.05) is 6.07 Å². The van der Waals surface area contributed by atoms with Crippen LogP contribution in [0.1, 0.15) is 0 Å². The number of fused-ring (bicyclic) bond motifs is 1. The second-order valence-electron chi connectivity index (χ2n) is 4.40. The second-order valence-corrected chi connectivity index (χ2v) is 4.40. The van der Waals surface area contributed by atoms with E-state index in [1.54, 1.807) is 0 Å². The van der Waals surface area contributed by atoms with Crippen LogP contribution < -0.4 is 0 Å². The van der Waals surface area contributed by atoms with Gasteiger partial charge >= 0.3 is 26.2 Å². The number of halogens is 1. The largest absolute Gasteiger partial charge is 2.00 e. The molecule has 0 N–H and O–H groups in total. The van der Waals surface area contributed by atoms with Crippen molar-refractivity contribution in [2.24, 2.45) is 0 Å². The summed E-state index contributed by atoms with van der Waals surface area (Å²) < 4.78 is 2.12. The second kappa shape index (κ2) is 10.4. The number of hydrogen-bond acceptors (Lipinski definition) is 0. The topological polar surface area (TPSA) is 4.93 Å². The van der Waals surface area contributed by atoms with Crippen molar-refractivity contribution in [1.29, 1.82) is 0 Å². The molecule has 0 fully saturated rings. The number of benzene rings is 1. The summed E-state index contributed by atoms with van der Waals surface area (Å²) in [7, 11) is 0. The first-order chi connectivity index (χ1) is 10.4. The van der Waals surface area contributed by atoms with Crippen LogP contribution in [0.4, 0.5) is 0 Å². The summed E-state index contributed by atoms with van der Waals surface area (Å²) >= 11 is 4.64. The maximum Gasteiger partial charge on any atom is 2.00 e. The van der Waals surface area contributed by atoms with Crippen molar-refractivity contribution < 1.29 is 26.2 Å². The zero-order chi connectivity index (χ0) is 14.9. The van der Waals surface area contributed by atoms with Crippen molar-refractivity contribution in [3.8, 4) is 5.69 Å². The molecule has 0 aliphatic heterocycles. The van der Waals surface area contributed by atoms with Crippen molar-refractivity contribution in [2.45, 2.75) is 0 Å². The molecular weight excluding hydrogens is 369 g/mol. The van der Waals surface area contributed by atoms with Crippen molar-refractivity contribution in [2.75, 3.05) is 6.38 Å². The summed E-state index contributed by atoms with van der Waals surface area (Å²) in [5, 5.41) is 2.60. The maximum atomic E-state index is 4.64. The Hall–Kier alpha value is -1.37. The first-order valence-electron chi connectivity index (χ1n) is 6.77. The molecule has 0 saturated heterocycles. The van der Waals surface area contributed by atoms with Crippen LogP contribution in [-0.2, 0) is 26.2 Å². The number of alkyl halides is 1. The molecule has 0 saturated carbocycles. The zero-order valence-corrected chi connectivity index (χ0v) is 15.7. The third-order valence-corrected chi connectivity index (χ3v) is 3.06. The molecule has 0 amide bonds. The normalized spacial score (nSPS) is 9.00. The SMILES string of the molecule is CCl.[Zr+2].c1cc[cH-]c1.c1ccc2[cH-]c(-n3cccc3)cc2c1. The molecule has 4 aromatic rings.